The number of nitro benzene ring substituents is 1. The van der Waals surface area contributed by atoms with Crippen LogP contribution in [0.5, 0.6) is 0 Å². The van der Waals surface area contributed by atoms with E-state index in [1.54, 1.807) is 19.1 Å². The molecule has 2 saturated carbocycles. The lowest BCUT2D eigenvalue weighted by Gasteiger charge is -2.37. The number of carbonyl (C=O) groups excluding carboxylic acids is 3. The summed E-state index contributed by atoms with van der Waals surface area (Å²) in [5.74, 6) is -1.06. The second kappa shape index (κ2) is 8.24. The van der Waals surface area contributed by atoms with Gasteiger partial charge in [-0.05, 0) is 76.7 Å². The molecule has 8 nitrogen and oxygen atoms in total. The summed E-state index contributed by atoms with van der Waals surface area (Å²) < 4.78 is 0.615. The maximum atomic E-state index is 13.8. The number of aryl methyl sites for hydroxylation is 1. The number of imide groups is 1. The molecular formula is C26H21BrClN3O5. The van der Waals surface area contributed by atoms with Crippen molar-refractivity contribution in [2.45, 2.75) is 13.3 Å². The molecule has 1 heterocycles. The average Bonchev–Trinajstić information content (AvgIpc) is 3.64. The van der Waals surface area contributed by atoms with Gasteiger partial charge in [0.1, 0.15) is 12.2 Å². The number of anilines is 1. The van der Waals surface area contributed by atoms with E-state index in [1.807, 2.05) is 0 Å². The molecule has 36 heavy (non-hydrogen) atoms. The first-order chi connectivity index (χ1) is 17.2. The molecule has 184 valence electrons. The second-order valence-corrected chi connectivity index (χ2v) is 11.2. The lowest BCUT2D eigenvalue weighted by atomic mass is 9.63. The number of nitrogens with zero attached hydrogens (tertiary/aromatic N) is 3. The Morgan fingerprint density at radius 2 is 1.75 bits per heavy atom. The summed E-state index contributed by atoms with van der Waals surface area (Å²) in [5.41, 5.74) is 0.521. The molecule has 3 amide bonds. The molecule has 10 heteroatoms. The van der Waals surface area contributed by atoms with Gasteiger partial charge in [0, 0.05) is 10.5 Å². The first kappa shape index (κ1) is 23.4. The van der Waals surface area contributed by atoms with Crippen LogP contribution < -0.4 is 4.90 Å². The third kappa shape index (κ3) is 3.36. The van der Waals surface area contributed by atoms with E-state index >= 15 is 0 Å². The first-order valence-corrected chi connectivity index (χ1v) is 12.9. The van der Waals surface area contributed by atoms with E-state index in [0.717, 1.165) is 11.3 Å². The fourth-order valence-electron chi connectivity index (χ4n) is 6.43. The Morgan fingerprint density at radius 1 is 1.14 bits per heavy atom. The van der Waals surface area contributed by atoms with Crippen molar-refractivity contribution >= 4 is 56.6 Å². The monoisotopic (exact) mass is 569 g/mol. The number of hydrogen-bond donors (Lipinski definition) is 0. The number of likely N-dealkylation sites (tertiary alicyclic amines) is 1. The number of benzene rings is 2. The Bertz CT molecular complexity index is 1360. The number of halogens is 2. The summed E-state index contributed by atoms with van der Waals surface area (Å²) in [6, 6.07) is 8.93. The van der Waals surface area contributed by atoms with E-state index in [-0.39, 0.29) is 41.6 Å². The summed E-state index contributed by atoms with van der Waals surface area (Å²) in [6.07, 6.45) is 5.22. The van der Waals surface area contributed by atoms with E-state index in [0.29, 0.717) is 32.6 Å². The van der Waals surface area contributed by atoms with Crippen molar-refractivity contribution in [3.63, 3.8) is 0 Å². The van der Waals surface area contributed by atoms with E-state index in [9.17, 15) is 24.5 Å². The number of para-hydroxylation sites is 1. The molecule has 4 aliphatic carbocycles. The highest BCUT2D eigenvalue weighted by atomic mass is 79.9. The average molecular weight is 571 g/mol. The van der Waals surface area contributed by atoms with Crippen LogP contribution in [0.25, 0.3) is 0 Å². The zero-order valence-corrected chi connectivity index (χ0v) is 21.5. The Labute approximate surface area is 220 Å². The van der Waals surface area contributed by atoms with E-state index in [2.05, 4.69) is 28.1 Å². The molecule has 0 radical (unpaired) electrons. The lowest BCUT2D eigenvalue weighted by Crippen LogP contribution is -2.45. The fraction of sp³-hybridized carbons (Fsp3) is 0.346. The standard InChI is InChI=1S/C26H21BrClN3O5/c1-12-8-18(27)19(28)10-21(12)29(24(32)15-4-2-3-5-20(15)31(35)36)11-30-25(33)22-13-6-7-14(17-9-16(13)17)23(22)26(30)34/h2-8,10,13-14,16-17,22-23H,9,11H2,1H3. The minimum Gasteiger partial charge on any atom is -0.289 e. The van der Waals surface area contributed by atoms with E-state index in [4.69, 9.17) is 11.6 Å². The molecule has 6 atom stereocenters. The smallest absolute Gasteiger partial charge is 0.282 e. The zero-order valence-electron chi connectivity index (χ0n) is 19.1. The third-order valence-corrected chi connectivity index (χ3v) is 9.34. The van der Waals surface area contributed by atoms with Gasteiger partial charge in [-0.25, -0.2) is 0 Å². The molecule has 2 aromatic rings. The SMILES string of the molecule is Cc1cc(Br)c(Cl)cc1N(CN1C(=O)C2C3C=CC(C4CC34)C2C1=O)C(=O)c1ccccc1[N+](=O)[O-]. The summed E-state index contributed by atoms with van der Waals surface area (Å²) in [7, 11) is 0. The molecular weight excluding hydrogens is 550 g/mol. The quantitative estimate of drug-likeness (QED) is 0.219. The number of carbonyl (C=O) groups is 3. The third-order valence-electron chi connectivity index (χ3n) is 8.14. The maximum absolute atomic E-state index is 13.8. The van der Waals surface area contributed by atoms with Crippen molar-refractivity contribution in [2.24, 2.45) is 35.5 Å². The molecule has 5 aliphatic rings. The second-order valence-electron chi connectivity index (χ2n) is 9.96. The summed E-state index contributed by atoms with van der Waals surface area (Å²) >= 11 is 9.72. The molecule has 1 aliphatic heterocycles. The summed E-state index contributed by atoms with van der Waals surface area (Å²) in [5, 5.41) is 12.0. The number of allylic oxidation sites excluding steroid dienone is 2. The Morgan fingerprint density at radius 3 is 2.36 bits per heavy atom. The molecule has 7 rings (SSSR count). The molecule has 2 aromatic carbocycles. The van der Waals surface area contributed by atoms with Gasteiger partial charge in [0.2, 0.25) is 11.8 Å². The van der Waals surface area contributed by atoms with Gasteiger partial charge in [0.25, 0.3) is 11.6 Å². The Balaban J connectivity index is 1.41. The topological polar surface area (TPSA) is 101 Å². The molecule has 3 fully saturated rings. The predicted molar refractivity (Wildman–Crippen MR) is 135 cm³/mol. The van der Waals surface area contributed by atoms with Crippen LogP contribution in [0, 0.1) is 52.5 Å². The highest BCUT2D eigenvalue weighted by Crippen LogP contribution is 2.65. The number of rotatable bonds is 5. The van der Waals surface area contributed by atoms with Gasteiger partial charge in [-0.15, -0.1) is 0 Å². The van der Waals surface area contributed by atoms with Crippen molar-refractivity contribution in [2.75, 3.05) is 11.6 Å². The molecule has 0 N–H and O–H groups in total. The Hall–Kier alpha value is -3.04. The van der Waals surface area contributed by atoms with Crippen molar-refractivity contribution in [1.82, 2.24) is 4.90 Å². The van der Waals surface area contributed by atoms with Gasteiger partial charge in [-0.2, -0.15) is 0 Å². The number of amides is 3. The minimum absolute atomic E-state index is 0.0506. The maximum Gasteiger partial charge on any atom is 0.282 e. The lowest BCUT2D eigenvalue weighted by molar-refractivity contribution is -0.385. The van der Waals surface area contributed by atoms with Crippen LogP contribution in [0.4, 0.5) is 11.4 Å². The van der Waals surface area contributed by atoms with E-state index in [1.165, 1.54) is 29.2 Å². The summed E-state index contributed by atoms with van der Waals surface area (Å²) in [4.78, 5) is 54.5. The molecule has 6 unspecified atom stereocenters. The van der Waals surface area contributed by atoms with Crippen LogP contribution in [-0.4, -0.2) is 34.2 Å². The van der Waals surface area contributed by atoms with Crippen LogP contribution in [0.1, 0.15) is 22.3 Å². The predicted octanol–water partition coefficient (Wildman–Crippen LogP) is 4.98. The molecule has 2 bridgehead atoms. The zero-order chi connectivity index (χ0) is 25.5. The van der Waals surface area contributed by atoms with Crippen molar-refractivity contribution < 1.29 is 19.3 Å². The van der Waals surface area contributed by atoms with Crippen molar-refractivity contribution in [1.29, 1.82) is 0 Å². The van der Waals surface area contributed by atoms with Crippen molar-refractivity contribution in [3.05, 3.63) is 79.3 Å². The van der Waals surface area contributed by atoms with Gasteiger partial charge in [-0.3, -0.25) is 34.3 Å². The van der Waals surface area contributed by atoms with Crippen LogP contribution in [0.2, 0.25) is 5.02 Å². The van der Waals surface area contributed by atoms with Crippen molar-refractivity contribution in [3.8, 4) is 0 Å². The largest absolute Gasteiger partial charge is 0.289 e. The molecule has 0 spiro atoms. The summed E-state index contributed by atoms with van der Waals surface area (Å²) in [6.45, 7) is 1.42. The highest BCUT2D eigenvalue weighted by Gasteiger charge is 2.67. The highest BCUT2D eigenvalue weighted by molar-refractivity contribution is 9.10. The first-order valence-electron chi connectivity index (χ1n) is 11.7. The van der Waals surface area contributed by atoms with Gasteiger partial charge < -0.3 is 0 Å². The van der Waals surface area contributed by atoms with Gasteiger partial charge in [0.05, 0.1) is 27.5 Å². The molecule has 1 saturated heterocycles. The van der Waals surface area contributed by atoms with Crippen LogP contribution in [-0.2, 0) is 9.59 Å². The fourth-order valence-corrected chi connectivity index (χ4v) is 7.05. The minimum atomic E-state index is -0.691. The van der Waals surface area contributed by atoms with Gasteiger partial charge in [-0.1, -0.05) is 35.9 Å². The van der Waals surface area contributed by atoms with Gasteiger partial charge >= 0.3 is 0 Å². The molecule has 0 aromatic heterocycles. The van der Waals surface area contributed by atoms with Gasteiger partial charge in [0.15, 0.2) is 0 Å². The number of hydrogen-bond acceptors (Lipinski definition) is 5. The van der Waals surface area contributed by atoms with Crippen LogP contribution in [0.15, 0.2) is 53.0 Å². The van der Waals surface area contributed by atoms with Crippen LogP contribution in [0.3, 0.4) is 0 Å². The Kier molecular flexibility index (Phi) is 5.35. The van der Waals surface area contributed by atoms with E-state index < -0.39 is 22.7 Å². The number of nitro groups is 1. The van der Waals surface area contributed by atoms with Crippen LogP contribution >= 0.6 is 27.5 Å². The normalized spacial score (nSPS) is 29.2.